The fourth-order valence-electron chi connectivity index (χ4n) is 3.99. The van der Waals surface area contributed by atoms with Crippen LogP contribution in [0, 0.1) is 11.8 Å². The molecule has 112 valence electrons. The van der Waals surface area contributed by atoms with Crippen LogP contribution in [-0.2, 0) is 0 Å². The molecule has 0 amide bonds. The molecule has 2 fully saturated rings. The largest absolute Gasteiger partial charge is 0.309 e. The third-order valence-corrected chi connectivity index (χ3v) is 5.33. The van der Waals surface area contributed by atoms with Crippen molar-refractivity contribution >= 4 is 0 Å². The topological polar surface area (TPSA) is 15.3 Å². The Morgan fingerprint density at radius 3 is 2.47 bits per heavy atom. The standard InChI is InChI=1S/C17H34N2/c1-5-17(4)13-19(12-14(2)3)16(11-18-17)15-9-7-6-8-10-15/h14-16,18H,5-13H2,1-4H3. The van der Waals surface area contributed by atoms with Crippen molar-refractivity contribution < 1.29 is 0 Å². The first kappa shape index (κ1) is 15.3. The predicted octanol–water partition coefficient (Wildman–Crippen LogP) is 3.67. The molecule has 1 aliphatic carbocycles. The van der Waals surface area contributed by atoms with Gasteiger partial charge in [-0.3, -0.25) is 4.90 Å². The van der Waals surface area contributed by atoms with Crippen molar-refractivity contribution in [2.75, 3.05) is 19.6 Å². The fraction of sp³-hybridized carbons (Fsp3) is 1.00. The number of hydrogen-bond donors (Lipinski definition) is 1. The van der Waals surface area contributed by atoms with Crippen molar-refractivity contribution in [1.82, 2.24) is 10.2 Å². The SMILES string of the molecule is CCC1(C)CN(CC(C)C)C(C2CCCCC2)CN1. The molecular formula is C17H34N2. The highest BCUT2D eigenvalue weighted by Gasteiger charge is 2.38. The quantitative estimate of drug-likeness (QED) is 0.835. The van der Waals surface area contributed by atoms with Gasteiger partial charge in [-0.15, -0.1) is 0 Å². The Hall–Kier alpha value is -0.0800. The van der Waals surface area contributed by atoms with Gasteiger partial charge in [-0.25, -0.2) is 0 Å². The van der Waals surface area contributed by atoms with Gasteiger partial charge in [0.15, 0.2) is 0 Å². The zero-order valence-electron chi connectivity index (χ0n) is 13.5. The monoisotopic (exact) mass is 266 g/mol. The summed E-state index contributed by atoms with van der Waals surface area (Å²) >= 11 is 0. The maximum atomic E-state index is 3.85. The van der Waals surface area contributed by atoms with Gasteiger partial charge in [0.05, 0.1) is 0 Å². The molecule has 1 aliphatic heterocycles. The van der Waals surface area contributed by atoms with Gasteiger partial charge in [0.2, 0.25) is 0 Å². The second kappa shape index (κ2) is 6.58. The van der Waals surface area contributed by atoms with E-state index in [2.05, 4.69) is 37.9 Å². The minimum absolute atomic E-state index is 0.333. The van der Waals surface area contributed by atoms with Crippen LogP contribution < -0.4 is 5.32 Å². The van der Waals surface area contributed by atoms with E-state index in [1.165, 1.54) is 58.2 Å². The summed E-state index contributed by atoms with van der Waals surface area (Å²) in [6.07, 6.45) is 8.55. The van der Waals surface area contributed by atoms with Crippen molar-refractivity contribution in [3.8, 4) is 0 Å². The van der Waals surface area contributed by atoms with Gasteiger partial charge >= 0.3 is 0 Å². The van der Waals surface area contributed by atoms with Crippen molar-refractivity contribution in [1.29, 1.82) is 0 Å². The summed E-state index contributed by atoms with van der Waals surface area (Å²) in [6, 6.07) is 0.794. The molecule has 1 N–H and O–H groups in total. The summed E-state index contributed by atoms with van der Waals surface area (Å²) in [6.45, 7) is 13.2. The van der Waals surface area contributed by atoms with Gasteiger partial charge in [-0.05, 0) is 38.0 Å². The van der Waals surface area contributed by atoms with E-state index in [0.717, 1.165) is 17.9 Å². The predicted molar refractivity (Wildman–Crippen MR) is 83.5 cm³/mol. The Bertz CT molecular complexity index is 270. The van der Waals surface area contributed by atoms with E-state index in [4.69, 9.17) is 0 Å². The number of nitrogens with zero attached hydrogens (tertiary/aromatic N) is 1. The molecule has 0 aromatic carbocycles. The van der Waals surface area contributed by atoms with Crippen LogP contribution in [0.15, 0.2) is 0 Å². The van der Waals surface area contributed by atoms with Crippen LogP contribution in [0.4, 0.5) is 0 Å². The summed E-state index contributed by atoms with van der Waals surface area (Å²) in [4.78, 5) is 2.82. The van der Waals surface area contributed by atoms with E-state index < -0.39 is 0 Å². The highest BCUT2D eigenvalue weighted by molar-refractivity contribution is 4.97. The van der Waals surface area contributed by atoms with E-state index in [1.54, 1.807) is 0 Å². The lowest BCUT2D eigenvalue weighted by Crippen LogP contribution is -2.64. The molecular weight excluding hydrogens is 232 g/mol. The van der Waals surface area contributed by atoms with Gasteiger partial charge in [0.25, 0.3) is 0 Å². The van der Waals surface area contributed by atoms with Crippen LogP contribution >= 0.6 is 0 Å². The van der Waals surface area contributed by atoms with Gasteiger partial charge in [-0.1, -0.05) is 40.0 Å². The lowest BCUT2D eigenvalue weighted by molar-refractivity contribution is 0.0325. The molecule has 1 saturated heterocycles. The smallest absolute Gasteiger partial charge is 0.0278 e. The third kappa shape index (κ3) is 3.95. The summed E-state index contributed by atoms with van der Waals surface area (Å²) in [5.41, 5.74) is 0.333. The van der Waals surface area contributed by atoms with Crippen molar-refractivity contribution in [2.24, 2.45) is 11.8 Å². The van der Waals surface area contributed by atoms with E-state index >= 15 is 0 Å². The van der Waals surface area contributed by atoms with E-state index in [0.29, 0.717) is 5.54 Å². The normalized spacial score (nSPS) is 34.9. The summed E-state index contributed by atoms with van der Waals surface area (Å²) in [7, 11) is 0. The van der Waals surface area contributed by atoms with Crippen LogP contribution in [0.25, 0.3) is 0 Å². The minimum Gasteiger partial charge on any atom is -0.309 e. The first-order valence-corrected chi connectivity index (χ1v) is 8.53. The molecule has 2 heteroatoms. The Morgan fingerprint density at radius 2 is 1.89 bits per heavy atom. The average Bonchev–Trinajstić information content (AvgIpc) is 2.39. The molecule has 2 nitrogen and oxygen atoms in total. The van der Waals surface area contributed by atoms with E-state index in [-0.39, 0.29) is 0 Å². The molecule has 2 aliphatic rings. The third-order valence-electron chi connectivity index (χ3n) is 5.33. The van der Waals surface area contributed by atoms with Crippen LogP contribution in [0.3, 0.4) is 0 Å². The Morgan fingerprint density at radius 1 is 1.21 bits per heavy atom. The molecule has 2 atom stereocenters. The minimum atomic E-state index is 0.333. The first-order valence-electron chi connectivity index (χ1n) is 8.53. The zero-order chi connectivity index (χ0) is 13.9. The molecule has 0 aromatic rings. The highest BCUT2D eigenvalue weighted by atomic mass is 15.3. The van der Waals surface area contributed by atoms with Gasteiger partial charge in [0, 0.05) is 31.2 Å². The van der Waals surface area contributed by atoms with E-state index in [1.807, 2.05) is 0 Å². The lowest BCUT2D eigenvalue weighted by Gasteiger charge is -2.50. The zero-order valence-corrected chi connectivity index (χ0v) is 13.5. The average molecular weight is 266 g/mol. The molecule has 0 spiro atoms. The first-order chi connectivity index (χ1) is 9.04. The fourth-order valence-corrected chi connectivity index (χ4v) is 3.99. The summed E-state index contributed by atoms with van der Waals surface area (Å²) in [5.74, 6) is 1.73. The number of piperazine rings is 1. The molecule has 19 heavy (non-hydrogen) atoms. The second-order valence-electron chi connectivity index (χ2n) is 7.58. The van der Waals surface area contributed by atoms with Gasteiger partial charge in [-0.2, -0.15) is 0 Å². The van der Waals surface area contributed by atoms with Crippen molar-refractivity contribution in [3.05, 3.63) is 0 Å². The maximum Gasteiger partial charge on any atom is 0.0278 e. The molecule has 1 heterocycles. The molecule has 0 radical (unpaired) electrons. The van der Waals surface area contributed by atoms with Crippen molar-refractivity contribution in [3.63, 3.8) is 0 Å². The second-order valence-corrected chi connectivity index (χ2v) is 7.58. The molecule has 0 aromatic heterocycles. The van der Waals surface area contributed by atoms with Crippen LogP contribution in [0.1, 0.15) is 66.2 Å². The Labute approximate surface area is 120 Å². The van der Waals surface area contributed by atoms with Crippen molar-refractivity contribution in [2.45, 2.75) is 77.8 Å². The highest BCUT2D eigenvalue weighted by Crippen LogP contribution is 2.32. The summed E-state index contributed by atoms with van der Waals surface area (Å²) < 4.78 is 0. The number of hydrogen-bond acceptors (Lipinski definition) is 2. The summed E-state index contributed by atoms with van der Waals surface area (Å²) in [5, 5.41) is 3.85. The molecule has 0 bridgehead atoms. The maximum absolute atomic E-state index is 3.85. The van der Waals surface area contributed by atoms with Crippen LogP contribution in [-0.4, -0.2) is 36.1 Å². The van der Waals surface area contributed by atoms with E-state index in [9.17, 15) is 0 Å². The molecule has 2 rings (SSSR count). The molecule has 2 unspecified atom stereocenters. The van der Waals surface area contributed by atoms with Crippen LogP contribution in [0.2, 0.25) is 0 Å². The number of rotatable bonds is 4. The van der Waals surface area contributed by atoms with Gasteiger partial charge < -0.3 is 5.32 Å². The number of nitrogens with one attached hydrogen (secondary N) is 1. The Kier molecular flexibility index (Phi) is 5.30. The molecule has 1 saturated carbocycles. The Balaban J connectivity index is 2.03. The van der Waals surface area contributed by atoms with Crippen LogP contribution in [0.5, 0.6) is 0 Å². The van der Waals surface area contributed by atoms with Gasteiger partial charge in [0.1, 0.15) is 0 Å². The lowest BCUT2D eigenvalue weighted by atomic mass is 9.80.